The van der Waals surface area contributed by atoms with E-state index in [-0.39, 0.29) is 11.0 Å². The fourth-order valence-corrected chi connectivity index (χ4v) is 3.28. The van der Waals surface area contributed by atoms with Crippen molar-refractivity contribution >= 4 is 35.0 Å². The highest BCUT2D eigenvalue weighted by Crippen LogP contribution is 2.19. The van der Waals surface area contributed by atoms with Gasteiger partial charge in [-0.3, -0.25) is 10.1 Å². The molecule has 0 aliphatic heterocycles. The SMILES string of the molecule is COc1ccccc1/C=C/C(=O)NC(=S)Nc1cccc(OCCCc2ccccc2)c1. The zero-order valence-corrected chi connectivity index (χ0v) is 18.7. The van der Waals surface area contributed by atoms with E-state index in [4.69, 9.17) is 21.7 Å². The second-order valence-corrected chi connectivity index (χ2v) is 7.39. The minimum atomic E-state index is -0.332. The largest absolute Gasteiger partial charge is 0.496 e. The van der Waals surface area contributed by atoms with Gasteiger partial charge in [-0.15, -0.1) is 0 Å². The van der Waals surface area contributed by atoms with E-state index in [1.54, 1.807) is 13.2 Å². The quantitative estimate of drug-likeness (QED) is 0.268. The van der Waals surface area contributed by atoms with Crippen LogP contribution in [0.2, 0.25) is 0 Å². The van der Waals surface area contributed by atoms with E-state index in [0.29, 0.717) is 12.4 Å². The van der Waals surface area contributed by atoms with Crippen molar-refractivity contribution in [3.63, 3.8) is 0 Å². The Morgan fingerprint density at radius 1 is 1.00 bits per heavy atom. The van der Waals surface area contributed by atoms with Crippen LogP contribution in [-0.2, 0) is 11.2 Å². The molecule has 164 valence electrons. The third-order valence-electron chi connectivity index (χ3n) is 4.60. The summed E-state index contributed by atoms with van der Waals surface area (Å²) in [6, 6.07) is 25.3. The van der Waals surface area contributed by atoms with Gasteiger partial charge in [-0.1, -0.05) is 54.6 Å². The molecule has 3 aromatic rings. The zero-order chi connectivity index (χ0) is 22.6. The average Bonchev–Trinajstić information content (AvgIpc) is 2.81. The Balaban J connectivity index is 1.45. The Bertz CT molecular complexity index is 1070. The minimum absolute atomic E-state index is 0.209. The number of carbonyl (C=O) groups is 1. The number of amides is 1. The molecule has 3 aromatic carbocycles. The number of ether oxygens (including phenoxy) is 2. The van der Waals surface area contributed by atoms with Crippen molar-refractivity contribution < 1.29 is 14.3 Å². The standard InChI is InChI=1S/C26H26N2O3S/c1-30-24-15-6-5-12-21(24)16-17-25(29)28-26(32)27-22-13-7-14-23(19-22)31-18-8-11-20-9-3-2-4-10-20/h2-7,9-10,12-17,19H,8,11,18H2,1H3,(H2,27,28,29,32)/b17-16+. The van der Waals surface area contributed by atoms with Gasteiger partial charge in [-0.05, 0) is 54.9 Å². The lowest BCUT2D eigenvalue weighted by Gasteiger charge is -2.11. The highest BCUT2D eigenvalue weighted by molar-refractivity contribution is 7.80. The lowest BCUT2D eigenvalue weighted by molar-refractivity contribution is -0.115. The van der Waals surface area contributed by atoms with Crippen molar-refractivity contribution in [2.45, 2.75) is 12.8 Å². The van der Waals surface area contributed by atoms with Crippen LogP contribution in [0.25, 0.3) is 6.08 Å². The van der Waals surface area contributed by atoms with Gasteiger partial charge in [0.1, 0.15) is 11.5 Å². The maximum atomic E-state index is 12.2. The number of para-hydroxylation sites is 1. The molecular formula is C26H26N2O3S. The van der Waals surface area contributed by atoms with E-state index in [1.807, 2.05) is 66.7 Å². The molecule has 0 aliphatic carbocycles. The van der Waals surface area contributed by atoms with Gasteiger partial charge in [0.2, 0.25) is 5.91 Å². The molecule has 0 saturated carbocycles. The third-order valence-corrected chi connectivity index (χ3v) is 4.81. The molecule has 0 fully saturated rings. The average molecular weight is 447 g/mol. The number of methoxy groups -OCH3 is 1. The molecule has 32 heavy (non-hydrogen) atoms. The molecule has 0 aromatic heterocycles. The van der Waals surface area contributed by atoms with Crippen LogP contribution in [0.4, 0.5) is 5.69 Å². The lowest BCUT2D eigenvalue weighted by Crippen LogP contribution is -2.32. The number of aryl methyl sites for hydroxylation is 1. The number of nitrogens with one attached hydrogen (secondary N) is 2. The second-order valence-electron chi connectivity index (χ2n) is 6.98. The smallest absolute Gasteiger partial charge is 0.250 e. The summed E-state index contributed by atoms with van der Waals surface area (Å²) < 4.78 is 11.1. The van der Waals surface area contributed by atoms with Crippen molar-refractivity contribution in [2.24, 2.45) is 0 Å². The molecule has 0 aliphatic rings. The summed E-state index contributed by atoms with van der Waals surface area (Å²) in [7, 11) is 1.59. The molecule has 1 amide bonds. The molecule has 0 heterocycles. The number of carbonyl (C=O) groups excluding carboxylic acids is 1. The summed E-state index contributed by atoms with van der Waals surface area (Å²) >= 11 is 5.25. The second kappa shape index (κ2) is 12.3. The normalized spacial score (nSPS) is 10.5. The third kappa shape index (κ3) is 7.56. The zero-order valence-electron chi connectivity index (χ0n) is 17.9. The molecule has 0 unspecified atom stereocenters. The summed E-state index contributed by atoms with van der Waals surface area (Å²) in [6.07, 6.45) is 4.99. The van der Waals surface area contributed by atoms with Gasteiger partial charge in [0.05, 0.1) is 13.7 Å². The van der Waals surface area contributed by atoms with Gasteiger partial charge >= 0.3 is 0 Å². The van der Waals surface area contributed by atoms with E-state index in [0.717, 1.165) is 29.8 Å². The molecule has 0 radical (unpaired) electrons. The Morgan fingerprint density at radius 3 is 2.59 bits per heavy atom. The highest BCUT2D eigenvalue weighted by atomic mass is 32.1. The maximum Gasteiger partial charge on any atom is 0.250 e. The van der Waals surface area contributed by atoms with Gasteiger partial charge in [0, 0.05) is 23.4 Å². The van der Waals surface area contributed by atoms with Gasteiger partial charge in [-0.2, -0.15) is 0 Å². The van der Waals surface area contributed by atoms with Gasteiger partial charge < -0.3 is 14.8 Å². The van der Waals surface area contributed by atoms with E-state index in [2.05, 4.69) is 22.8 Å². The van der Waals surface area contributed by atoms with Crippen LogP contribution < -0.4 is 20.1 Å². The molecule has 0 bridgehead atoms. The first-order valence-electron chi connectivity index (χ1n) is 10.3. The molecule has 5 nitrogen and oxygen atoms in total. The monoisotopic (exact) mass is 446 g/mol. The van der Waals surface area contributed by atoms with Crippen LogP contribution in [0.5, 0.6) is 11.5 Å². The van der Waals surface area contributed by atoms with E-state index in [9.17, 15) is 4.79 Å². The van der Waals surface area contributed by atoms with Gasteiger partial charge in [0.25, 0.3) is 0 Å². The van der Waals surface area contributed by atoms with Crippen molar-refractivity contribution in [1.29, 1.82) is 0 Å². The Kier molecular flexibility index (Phi) is 8.83. The molecule has 3 rings (SSSR count). The molecule has 0 saturated heterocycles. The Morgan fingerprint density at radius 2 is 1.78 bits per heavy atom. The van der Waals surface area contributed by atoms with Crippen LogP contribution in [0.1, 0.15) is 17.5 Å². The van der Waals surface area contributed by atoms with Crippen LogP contribution in [0, 0.1) is 0 Å². The summed E-state index contributed by atoms with van der Waals surface area (Å²) in [4.78, 5) is 12.2. The van der Waals surface area contributed by atoms with Crippen LogP contribution >= 0.6 is 12.2 Å². The van der Waals surface area contributed by atoms with E-state index >= 15 is 0 Å². The van der Waals surface area contributed by atoms with Gasteiger partial charge in [0.15, 0.2) is 5.11 Å². The Labute approximate surface area is 194 Å². The van der Waals surface area contributed by atoms with Crippen molar-refractivity contribution in [3.05, 3.63) is 96.1 Å². The van der Waals surface area contributed by atoms with E-state index < -0.39 is 0 Å². The number of anilines is 1. The number of rotatable bonds is 9. The minimum Gasteiger partial charge on any atom is -0.496 e. The first-order valence-corrected chi connectivity index (χ1v) is 10.7. The van der Waals surface area contributed by atoms with Crippen molar-refractivity contribution in [3.8, 4) is 11.5 Å². The molecule has 0 spiro atoms. The summed E-state index contributed by atoms with van der Waals surface area (Å²) in [5.74, 6) is 1.10. The molecule has 2 N–H and O–H groups in total. The Hall–Kier alpha value is -3.64. The van der Waals surface area contributed by atoms with Gasteiger partial charge in [-0.25, -0.2) is 0 Å². The molecule has 6 heteroatoms. The molecule has 0 atom stereocenters. The molecular weight excluding hydrogens is 420 g/mol. The fourth-order valence-electron chi connectivity index (χ4n) is 3.06. The summed E-state index contributed by atoms with van der Waals surface area (Å²) in [5.41, 5.74) is 2.85. The highest BCUT2D eigenvalue weighted by Gasteiger charge is 2.04. The van der Waals surface area contributed by atoms with E-state index in [1.165, 1.54) is 11.6 Å². The first kappa shape index (κ1) is 23.0. The fraction of sp³-hybridized carbons (Fsp3) is 0.154. The number of hydrogen-bond acceptors (Lipinski definition) is 4. The predicted octanol–water partition coefficient (Wildman–Crippen LogP) is 5.23. The number of hydrogen-bond donors (Lipinski definition) is 2. The topological polar surface area (TPSA) is 59.6 Å². The maximum absolute atomic E-state index is 12.2. The number of benzene rings is 3. The van der Waals surface area contributed by atoms with Crippen molar-refractivity contribution in [1.82, 2.24) is 5.32 Å². The van der Waals surface area contributed by atoms with Crippen LogP contribution in [0.15, 0.2) is 84.9 Å². The predicted molar refractivity (Wildman–Crippen MR) is 133 cm³/mol. The van der Waals surface area contributed by atoms with Crippen LogP contribution in [-0.4, -0.2) is 24.7 Å². The van der Waals surface area contributed by atoms with Crippen LogP contribution in [0.3, 0.4) is 0 Å². The first-order chi connectivity index (χ1) is 15.6. The lowest BCUT2D eigenvalue weighted by atomic mass is 10.1. The summed E-state index contributed by atoms with van der Waals surface area (Å²) in [6.45, 7) is 0.618. The number of thiocarbonyl (C=S) groups is 1. The summed E-state index contributed by atoms with van der Waals surface area (Å²) in [5, 5.41) is 5.86. The van der Waals surface area contributed by atoms with Crippen molar-refractivity contribution in [2.75, 3.05) is 19.0 Å².